The average molecular weight is 1370 g/mol. The molecule has 4 heterocycles. The number of β-lactam (4-membered cyclic amide) rings is 1. The van der Waals surface area contributed by atoms with E-state index >= 15 is 4.79 Å². The molecule has 29 heteroatoms. The fraction of sp³-hybridized carbons (Fsp3) is 0.358. The molecule has 506 valence electrons. The van der Waals surface area contributed by atoms with Gasteiger partial charge in [0.05, 0.1) is 37.9 Å². The van der Waals surface area contributed by atoms with Crippen LogP contribution in [-0.4, -0.2) is 159 Å². The van der Waals surface area contributed by atoms with Gasteiger partial charge < -0.3 is 58.8 Å². The van der Waals surface area contributed by atoms with Gasteiger partial charge in [-0.1, -0.05) is 113 Å². The molecule has 7 amide bonds. The zero-order chi connectivity index (χ0) is 69.1. The molecule has 4 N–H and O–H groups in total. The van der Waals surface area contributed by atoms with E-state index in [9.17, 15) is 33.6 Å². The summed E-state index contributed by atoms with van der Waals surface area (Å²) in [5, 5.41) is 20.2. The van der Waals surface area contributed by atoms with Crippen LogP contribution in [0.5, 0.6) is 23.0 Å². The van der Waals surface area contributed by atoms with Crippen molar-refractivity contribution in [3.63, 3.8) is 0 Å². The number of esters is 2. The topological polar surface area (TPSA) is 306 Å². The molecule has 3 aliphatic rings. The van der Waals surface area contributed by atoms with Crippen molar-refractivity contribution in [2.24, 2.45) is 10.3 Å². The lowest BCUT2D eigenvalue weighted by atomic mass is 10.0. The molecule has 0 radical (unpaired) electrons. The van der Waals surface area contributed by atoms with Crippen molar-refractivity contribution >= 4 is 99.4 Å². The van der Waals surface area contributed by atoms with Crippen molar-refractivity contribution in [2.75, 3.05) is 52.3 Å². The number of urea groups is 1. The predicted molar refractivity (Wildman–Crippen MR) is 357 cm³/mol. The molecule has 1 aromatic heterocycles. The lowest BCUT2D eigenvalue weighted by Crippen LogP contribution is -2.68. The first-order valence-corrected chi connectivity index (χ1v) is 32.4. The van der Waals surface area contributed by atoms with Crippen LogP contribution in [0.3, 0.4) is 0 Å². The Kier molecular flexibility index (Phi) is 22.2. The van der Waals surface area contributed by atoms with Crippen LogP contribution in [0.25, 0.3) is 0 Å². The van der Waals surface area contributed by atoms with Gasteiger partial charge in [0.25, 0.3) is 17.7 Å². The van der Waals surface area contributed by atoms with Crippen molar-refractivity contribution in [3.05, 3.63) is 165 Å². The van der Waals surface area contributed by atoms with Gasteiger partial charge in [-0.05, 0) is 114 Å². The minimum absolute atomic E-state index is 0.00780. The Morgan fingerprint density at radius 1 is 0.750 bits per heavy atom. The van der Waals surface area contributed by atoms with Gasteiger partial charge in [-0.15, -0.1) is 11.3 Å². The Morgan fingerprint density at radius 3 is 1.94 bits per heavy atom. The van der Waals surface area contributed by atoms with Crippen LogP contribution in [0.4, 0.5) is 14.7 Å². The number of aromatic nitrogens is 1. The lowest BCUT2D eigenvalue weighted by molar-refractivity contribution is -0.179. The SMILES string of the molecule is COc1ccc(COc2ccc(C(=O)NCCNC(=O)/C=N/N3CCN([C@]4(C(=O)OC(c5ccccc5)c5ccccc5)CN5C(=O)[C@@H](NC(=O)/C(=N\OC(C)(C)C(=O)OC(C)(C)C)c6csc(NC(=O)OC(C)(C)C)n6)[C@H]5S4)C3=O)c(Cl)c2OCc2ccc(OC)cc2)cc1. The van der Waals surface area contributed by atoms with Gasteiger partial charge in [0.1, 0.15) is 59.2 Å². The maximum atomic E-state index is 15.3. The van der Waals surface area contributed by atoms with Crippen LogP contribution >= 0.6 is 34.7 Å². The molecule has 3 saturated heterocycles. The van der Waals surface area contributed by atoms with E-state index in [1.807, 2.05) is 24.3 Å². The van der Waals surface area contributed by atoms with Crippen LogP contribution < -0.4 is 40.2 Å². The highest BCUT2D eigenvalue weighted by molar-refractivity contribution is 8.02. The quantitative estimate of drug-likeness (QED) is 0.00984. The predicted octanol–water partition coefficient (Wildman–Crippen LogP) is 8.86. The first-order valence-electron chi connectivity index (χ1n) is 30.2. The van der Waals surface area contributed by atoms with E-state index in [2.05, 4.69) is 36.5 Å². The number of nitrogens with one attached hydrogen (secondary N) is 4. The average Bonchev–Trinajstić information content (AvgIpc) is 1.55. The van der Waals surface area contributed by atoms with Gasteiger partial charge in [0, 0.05) is 25.0 Å². The second-order valence-electron chi connectivity index (χ2n) is 24.4. The fourth-order valence-corrected chi connectivity index (χ4v) is 12.4. The lowest BCUT2D eigenvalue weighted by Gasteiger charge is -2.41. The number of hydrogen-bond donors (Lipinski definition) is 4. The molecule has 5 aromatic carbocycles. The number of carbonyl (C=O) groups excluding carboxylic acids is 8. The smallest absolute Gasteiger partial charge is 0.413 e. The van der Waals surface area contributed by atoms with Crippen molar-refractivity contribution in [2.45, 2.75) is 108 Å². The zero-order valence-corrected chi connectivity index (χ0v) is 56.7. The van der Waals surface area contributed by atoms with E-state index in [0.29, 0.717) is 22.6 Å². The molecule has 0 saturated carbocycles. The fourth-order valence-electron chi connectivity index (χ4n) is 9.74. The number of fused-ring (bicyclic) bond motifs is 1. The van der Waals surface area contributed by atoms with Crippen molar-refractivity contribution in [1.29, 1.82) is 0 Å². The molecule has 0 unspecified atom stereocenters. The van der Waals surface area contributed by atoms with Crippen LogP contribution in [0.1, 0.15) is 99.8 Å². The highest BCUT2D eigenvalue weighted by Crippen LogP contribution is 2.51. The summed E-state index contributed by atoms with van der Waals surface area (Å²) in [6.07, 6.45) is -0.947. The van der Waals surface area contributed by atoms with Crippen LogP contribution in [0.15, 0.2) is 137 Å². The molecular formula is C67H73ClN10O16S2. The maximum Gasteiger partial charge on any atom is 0.413 e. The summed E-state index contributed by atoms with van der Waals surface area (Å²) < 4.78 is 40.2. The van der Waals surface area contributed by atoms with Crippen molar-refractivity contribution in [3.8, 4) is 23.0 Å². The van der Waals surface area contributed by atoms with Gasteiger partial charge in [-0.2, -0.15) is 5.10 Å². The van der Waals surface area contributed by atoms with Gasteiger partial charge >= 0.3 is 24.1 Å². The Balaban J connectivity index is 0.896. The molecule has 0 aliphatic carbocycles. The minimum atomic E-state index is -1.98. The Morgan fingerprint density at radius 2 is 1.34 bits per heavy atom. The summed E-state index contributed by atoms with van der Waals surface area (Å²) in [6, 6.07) is 33.3. The number of oxime groups is 1. The van der Waals surface area contributed by atoms with E-state index < -0.39 is 99.1 Å². The zero-order valence-electron chi connectivity index (χ0n) is 54.3. The van der Waals surface area contributed by atoms with E-state index in [-0.39, 0.29) is 72.3 Å². The number of hydrazone groups is 1. The highest BCUT2D eigenvalue weighted by Gasteiger charge is 2.67. The van der Waals surface area contributed by atoms with E-state index in [0.717, 1.165) is 45.4 Å². The van der Waals surface area contributed by atoms with Crippen molar-refractivity contribution in [1.82, 2.24) is 35.7 Å². The van der Waals surface area contributed by atoms with Gasteiger partial charge in [-0.3, -0.25) is 29.4 Å². The van der Waals surface area contributed by atoms with E-state index in [1.54, 1.807) is 147 Å². The normalized spacial score (nSPS) is 17.1. The number of rotatable bonds is 26. The third kappa shape index (κ3) is 17.3. The highest BCUT2D eigenvalue weighted by atomic mass is 35.5. The molecule has 96 heavy (non-hydrogen) atoms. The van der Waals surface area contributed by atoms with Gasteiger partial charge in [0.2, 0.25) is 16.4 Å². The van der Waals surface area contributed by atoms with E-state index in [4.69, 9.17) is 49.6 Å². The molecule has 3 atom stereocenters. The summed E-state index contributed by atoms with van der Waals surface area (Å²) in [7, 11) is 3.14. The number of thioether (sulfide) groups is 1. The Labute approximate surface area is 567 Å². The summed E-state index contributed by atoms with van der Waals surface area (Å²) in [4.78, 5) is 123. The van der Waals surface area contributed by atoms with Crippen LogP contribution in [0.2, 0.25) is 5.02 Å². The first-order chi connectivity index (χ1) is 45.6. The number of carbonyl (C=O) groups is 8. The Bertz CT molecular complexity index is 3860. The van der Waals surface area contributed by atoms with Crippen LogP contribution in [0, 0.1) is 0 Å². The van der Waals surface area contributed by atoms with Gasteiger partial charge in [0.15, 0.2) is 28.4 Å². The van der Waals surface area contributed by atoms with E-state index in [1.165, 1.54) is 35.1 Å². The van der Waals surface area contributed by atoms with Crippen molar-refractivity contribution < 1.29 is 76.4 Å². The third-order valence-corrected chi connectivity index (χ3v) is 17.4. The number of halogens is 1. The number of anilines is 1. The summed E-state index contributed by atoms with van der Waals surface area (Å²) >= 11 is 8.71. The second-order valence-corrected chi connectivity index (χ2v) is 27.0. The molecule has 3 fully saturated rings. The second kappa shape index (κ2) is 30.2. The minimum Gasteiger partial charge on any atom is -0.497 e. The molecule has 6 aromatic rings. The number of ether oxygens (including phenoxy) is 7. The van der Waals surface area contributed by atoms with Crippen LogP contribution in [-0.2, 0) is 56.2 Å². The number of methoxy groups -OCH3 is 2. The largest absolute Gasteiger partial charge is 0.497 e. The Hall–Kier alpha value is -9.93. The molecule has 0 spiro atoms. The summed E-state index contributed by atoms with van der Waals surface area (Å²) in [6.45, 7) is 12.2. The standard InChI is InChI=1S/C67H73ClN10O16S2/c1-64(2,3)92-59(83)66(7,8)94-75-51(47-38-95-61(72-47)74-62(85)93-65(4,5)6)56(81)73-52-57(82)76-39-67(96-58(52)76,60(84)91-53(42-17-13-11-14-18-42)43-19-15-12-16-20-43)77-33-34-78(63(77)86)71-35-49(79)69-31-32-70-55(80)46-29-30-48(89-36-40-21-25-44(87-9)26-22-40)54(50(46)68)90-37-41-23-27-45(88-10)28-24-41/h11-30,35,38,52-53,58H,31-34,36-37,39H2,1-10H3,(H,69,79)(H,70,80)(H,73,81)(H,72,74,85)/b71-35+,75-51-/t52-,58-,67-/m1/s1. The monoisotopic (exact) mass is 1370 g/mol. The number of nitrogens with zero attached hydrogens (tertiary/aromatic N) is 6. The molecule has 9 rings (SSSR count). The molecule has 26 nitrogen and oxygen atoms in total. The first kappa shape index (κ1) is 70.4. The number of amides is 7. The number of benzene rings is 5. The summed E-state index contributed by atoms with van der Waals surface area (Å²) in [5.41, 5.74) is -1.27. The molecule has 3 aliphatic heterocycles. The summed E-state index contributed by atoms with van der Waals surface area (Å²) in [5.74, 6) is -2.92. The number of thiazole rings is 1. The number of hydrogen-bond acceptors (Lipinski definition) is 21. The molecule has 0 bridgehead atoms. The van der Waals surface area contributed by atoms with Gasteiger partial charge in [-0.25, -0.2) is 29.2 Å². The molecular weight excluding hydrogens is 1300 g/mol. The maximum absolute atomic E-state index is 15.3. The third-order valence-electron chi connectivity index (χ3n) is 14.6.